The molecule has 2 atom stereocenters. The Morgan fingerprint density at radius 3 is 2.44 bits per heavy atom. The lowest BCUT2D eigenvalue weighted by Crippen LogP contribution is -2.53. The van der Waals surface area contributed by atoms with Crippen molar-refractivity contribution >= 4 is 35.2 Å². The van der Waals surface area contributed by atoms with Crippen molar-refractivity contribution in [2.45, 2.75) is 57.7 Å². The summed E-state index contributed by atoms with van der Waals surface area (Å²) in [6.07, 6.45) is 1.90. The van der Waals surface area contributed by atoms with Gasteiger partial charge in [-0.1, -0.05) is 23.2 Å². The third-order valence-electron chi connectivity index (χ3n) is 4.96. The van der Waals surface area contributed by atoms with E-state index in [0.29, 0.717) is 19.5 Å². The number of phenolic OH excluding ortho intramolecular Hbond substituents is 1. The summed E-state index contributed by atoms with van der Waals surface area (Å²) in [7, 11) is 0. The molecule has 148 valence electrons. The molecule has 0 radical (unpaired) electrons. The Hall–Kier alpha value is -1.66. The minimum atomic E-state index is -0.568. The number of benzene rings is 1. The van der Waals surface area contributed by atoms with Gasteiger partial charge in [-0.15, -0.1) is 0 Å². The van der Waals surface area contributed by atoms with E-state index in [2.05, 4.69) is 0 Å². The summed E-state index contributed by atoms with van der Waals surface area (Å²) in [5.74, 6) is -0.593. The Kier molecular flexibility index (Phi) is 5.50. The molecular weight excluding hydrogens is 391 g/mol. The lowest BCUT2D eigenvalue weighted by Gasteiger charge is -2.40. The van der Waals surface area contributed by atoms with E-state index >= 15 is 0 Å². The second-order valence-corrected chi connectivity index (χ2v) is 8.87. The van der Waals surface area contributed by atoms with E-state index in [1.165, 1.54) is 12.1 Å². The molecule has 2 fully saturated rings. The van der Waals surface area contributed by atoms with E-state index in [1.807, 2.05) is 20.8 Å². The largest absolute Gasteiger partial charge is 0.506 e. The van der Waals surface area contributed by atoms with E-state index in [-0.39, 0.29) is 45.4 Å². The highest BCUT2D eigenvalue weighted by Crippen LogP contribution is 2.36. The van der Waals surface area contributed by atoms with Gasteiger partial charge in [0.15, 0.2) is 0 Å². The fourth-order valence-corrected chi connectivity index (χ4v) is 4.36. The van der Waals surface area contributed by atoms with Gasteiger partial charge in [-0.2, -0.15) is 0 Å². The number of hydrogen-bond donors (Lipinski definition) is 1. The average molecular weight is 415 g/mol. The molecule has 1 aromatic carbocycles. The molecule has 0 aliphatic carbocycles. The monoisotopic (exact) mass is 414 g/mol. The second-order valence-electron chi connectivity index (χ2n) is 8.02. The first kappa shape index (κ1) is 20.1. The van der Waals surface area contributed by atoms with Crippen molar-refractivity contribution < 1.29 is 19.4 Å². The number of phenols is 1. The third kappa shape index (κ3) is 4.11. The Morgan fingerprint density at radius 2 is 1.78 bits per heavy atom. The lowest BCUT2D eigenvalue weighted by atomic mass is 9.97. The maximum absolute atomic E-state index is 13.0. The SMILES string of the molecule is CC(C)(C)OC(=O)N1CCC[C@H]2[C@@H]1CCN2C(=O)c1cc(Cl)cc(Cl)c1O. The molecule has 2 heterocycles. The van der Waals surface area contributed by atoms with Crippen molar-refractivity contribution in [2.75, 3.05) is 13.1 Å². The number of piperidine rings is 1. The number of ether oxygens (including phenoxy) is 1. The van der Waals surface area contributed by atoms with Crippen LogP contribution in [0, 0.1) is 0 Å². The molecule has 0 saturated carbocycles. The Bertz CT molecular complexity index is 763. The zero-order valence-electron chi connectivity index (χ0n) is 15.7. The van der Waals surface area contributed by atoms with Crippen LogP contribution in [0.1, 0.15) is 50.4 Å². The van der Waals surface area contributed by atoms with Crippen LogP contribution in [-0.2, 0) is 4.74 Å². The minimum Gasteiger partial charge on any atom is -0.506 e. The first-order valence-electron chi connectivity index (χ1n) is 9.07. The van der Waals surface area contributed by atoms with Gasteiger partial charge < -0.3 is 19.6 Å². The summed E-state index contributed by atoms with van der Waals surface area (Å²) < 4.78 is 5.52. The minimum absolute atomic E-state index is 0.0422. The van der Waals surface area contributed by atoms with Crippen molar-refractivity contribution in [3.8, 4) is 5.75 Å². The maximum Gasteiger partial charge on any atom is 0.410 e. The van der Waals surface area contributed by atoms with Gasteiger partial charge in [0.25, 0.3) is 5.91 Å². The average Bonchev–Trinajstić information content (AvgIpc) is 2.99. The zero-order chi connectivity index (χ0) is 19.9. The molecule has 2 amide bonds. The van der Waals surface area contributed by atoms with Gasteiger partial charge in [0.2, 0.25) is 0 Å². The predicted molar refractivity (Wildman–Crippen MR) is 104 cm³/mol. The van der Waals surface area contributed by atoms with E-state index < -0.39 is 5.60 Å². The number of carbonyl (C=O) groups is 2. The molecule has 1 N–H and O–H groups in total. The highest BCUT2D eigenvalue weighted by Gasteiger charge is 2.45. The Balaban J connectivity index is 1.81. The number of likely N-dealkylation sites (tertiary alicyclic amines) is 2. The second kappa shape index (κ2) is 7.40. The molecule has 0 aromatic heterocycles. The van der Waals surface area contributed by atoms with Gasteiger partial charge >= 0.3 is 6.09 Å². The van der Waals surface area contributed by atoms with Crippen LogP contribution in [0.3, 0.4) is 0 Å². The van der Waals surface area contributed by atoms with Crippen molar-refractivity contribution in [3.63, 3.8) is 0 Å². The van der Waals surface area contributed by atoms with Crippen LogP contribution >= 0.6 is 23.2 Å². The first-order valence-corrected chi connectivity index (χ1v) is 9.82. The fraction of sp³-hybridized carbons (Fsp3) is 0.579. The molecule has 2 saturated heterocycles. The summed E-state index contributed by atoms with van der Waals surface area (Å²) >= 11 is 12.0. The molecule has 8 heteroatoms. The number of aromatic hydroxyl groups is 1. The smallest absolute Gasteiger partial charge is 0.410 e. The molecule has 6 nitrogen and oxygen atoms in total. The summed E-state index contributed by atoms with van der Waals surface area (Å²) in [5.41, 5.74) is -0.482. The number of fused-ring (bicyclic) bond motifs is 1. The number of carbonyl (C=O) groups excluding carboxylic acids is 2. The Morgan fingerprint density at radius 1 is 1.11 bits per heavy atom. The third-order valence-corrected chi connectivity index (χ3v) is 5.46. The highest BCUT2D eigenvalue weighted by atomic mass is 35.5. The number of halogens is 2. The summed E-state index contributed by atoms with van der Waals surface area (Å²) in [5, 5.41) is 10.5. The van der Waals surface area contributed by atoms with Gasteiger partial charge in [-0.25, -0.2) is 4.79 Å². The molecular formula is C19H24Cl2N2O4. The van der Waals surface area contributed by atoms with Gasteiger partial charge in [0.1, 0.15) is 11.4 Å². The molecule has 27 heavy (non-hydrogen) atoms. The number of rotatable bonds is 1. The summed E-state index contributed by atoms with van der Waals surface area (Å²) in [6, 6.07) is 2.62. The van der Waals surface area contributed by atoms with Crippen LogP contribution in [0.4, 0.5) is 4.79 Å². The van der Waals surface area contributed by atoms with Crippen LogP contribution in [0.25, 0.3) is 0 Å². The van der Waals surface area contributed by atoms with Crippen LogP contribution in [-0.4, -0.2) is 57.7 Å². The topological polar surface area (TPSA) is 70.1 Å². The van der Waals surface area contributed by atoms with Crippen molar-refractivity contribution in [1.82, 2.24) is 9.80 Å². The van der Waals surface area contributed by atoms with Crippen molar-refractivity contribution in [3.05, 3.63) is 27.7 Å². The predicted octanol–water partition coefficient (Wildman–Crippen LogP) is 4.31. The van der Waals surface area contributed by atoms with Crippen LogP contribution in [0.2, 0.25) is 10.0 Å². The summed E-state index contributed by atoms with van der Waals surface area (Å²) in [4.78, 5) is 29.1. The summed E-state index contributed by atoms with van der Waals surface area (Å²) in [6.45, 7) is 6.62. The molecule has 0 bridgehead atoms. The van der Waals surface area contributed by atoms with Gasteiger partial charge in [0.05, 0.1) is 22.7 Å². The van der Waals surface area contributed by atoms with Crippen LogP contribution < -0.4 is 0 Å². The van der Waals surface area contributed by atoms with Gasteiger partial charge in [0, 0.05) is 18.1 Å². The van der Waals surface area contributed by atoms with Crippen LogP contribution in [0.5, 0.6) is 5.75 Å². The van der Waals surface area contributed by atoms with Crippen molar-refractivity contribution in [1.29, 1.82) is 0 Å². The molecule has 0 unspecified atom stereocenters. The van der Waals surface area contributed by atoms with Crippen molar-refractivity contribution in [2.24, 2.45) is 0 Å². The van der Waals surface area contributed by atoms with E-state index in [0.717, 1.165) is 12.8 Å². The lowest BCUT2D eigenvalue weighted by molar-refractivity contribution is 0.00360. The molecule has 3 rings (SSSR count). The number of nitrogens with zero attached hydrogens (tertiary/aromatic N) is 2. The number of amides is 2. The standard InChI is InChI=1S/C19H24Cl2N2O4/c1-19(2,3)27-18(26)23-7-4-5-14-15(23)6-8-22(14)17(25)12-9-11(20)10-13(21)16(12)24/h9-10,14-15,24H,4-8H2,1-3H3/t14-,15-/m0/s1. The van der Waals surface area contributed by atoms with Crippen LogP contribution in [0.15, 0.2) is 12.1 Å². The fourth-order valence-electron chi connectivity index (χ4n) is 3.87. The molecule has 1 aromatic rings. The maximum atomic E-state index is 13.0. The molecule has 0 spiro atoms. The Labute approximate surface area is 169 Å². The molecule has 2 aliphatic rings. The first-order chi connectivity index (χ1) is 12.6. The molecule has 2 aliphatic heterocycles. The quantitative estimate of drug-likeness (QED) is 0.742. The van der Waals surface area contributed by atoms with E-state index in [9.17, 15) is 14.7 Å². The zero-order valence-corrected chi connectivity index (χ0v) is 17.2. The van der Waals surface area contributed by atoms with Gasteiger partial charge in [-0.3, -0.25) is 4.79 Å². The van der Waals surface area contributed by atoms with E-state index in [4.69, 9.17) is 27.9 Å². The van der Waals surface area contributed by atoms with E-state index in [1.54, 1.807) is 9.80 Å². The van der Waals surface area contributed by atoms with Gasteiger partial charge in [-0.05, 0) is 52.2 Å². The number of hydrogen-bond acceptors (Lipinski definition) is 4. The normalized spacial score (nSPS) is 22.6. The highest BCUT2D eigenvalue weighted by molar-refractivity contribution is 6.36.